The lowest BCUT2D eigenvalue weighted by Gasteiger charge is -2.40. The summed E-state index contributed by atoms with van der Waals surface area (Å²) in [4.78, 5) is 15.8. The predicted octanol–water partition coefficient (Wildman–Crippen LogP) is -0.999. The average Bonchev–Trinajstić information content (AvgIpc) is 2.15. The molecule has 2 atom stereocenters. The molecule has 0 saturated carbocycles. The van der Waals surface area contributed by atoms with Crippen molar-refractivity contribution in [3.8, 4) is 0 Å². The first-order valence-corrected chi connectivity index (χ1v) is 5.01. The normalized spacial score (nSPS) is 27.3. The van der Waals surface area contributed by atoms with Crippen molar-refractivity contribution in [2.75, 3.05) is 26.7 Å². The van der Waals surface area contributed by atoms with Gasteiger partial charge in [0.05, 0.1) is 6.04 Å². The molecule has 82 valence electrons. The van der Waals surface area contributed by atoms with Crippen LogP contribution in [-0.2, 0) is 4.79 Å². The van der Waals surface area contributed by atoms with E-state index < -0.39 is 0 Å². The zero-order chi connectivity index (χ0) is 10.7. The molecule has 0 bridgehead atoms. The monoisotopic (exact) mass is 200 g/mol. The number of hydrogen-bond acceptors (Lipinski definition) is 4. The van der Waals surface area contributed by atoms with Gasteiger partial charge in [0.25, 0.3) is 5.91 Å². The molecule has 1 heterocycles. The van der Waals surface area contributed by atoms with Crippen LogP contribution in [0.2, 0.25) is 0 Å². The fraction of sp³-hybridized carbons (Fsp3) is 0.889. The maximum Gasteiger partial charge on any atom is 0.250 e. The third kappa shape index (κ3) is 2.43. The van der Waals surface area contributed by atoms with E-state index in [1.54, 1.807) is 0 Å². The first-order chi connectivity index (χ1) is 6.56. The van der Waals surface area contributed by atoms with Gasteiger partial charge in [-0.15, -0.1) is 0 Å². The zero-order valence-corrected chi connectivity index (χ0v) is 9.16. The molecule has 0 spiro atoms. The molecule has 1 aliphatic heterocycles. The Labute approximate surface area is 85.2 Å². The summed E-state index contributed by atoms with van der Waals surface area (Å²) < 4.78 is 0. The topological polar surface area (TPSA) is 61.6 Å². The first kappa shape index (κ1) is 11.4. The van der Waals surface area contributed by atoms with Crippen molar-refractivity contribution in [2.24, 2.45) is 5.84 Å². The number of carbonyl (C=O) groups excluding carboxylic acids is 1. The number of likely N-dealkylation sites (N-methyl/N-ethyl adjacent to an activating group) is 1. The van der Waals surface area contributed by atoms with Gasteiger partial charge in [-0.2, -0.15) is 0 Å². The predicted molar refractivity (Wildman–Crippen MR) is 55.5 cm³/mol. The maximum absolute atomic E-state index is 11.3. The summed E-state index contributed by atoms with van der Waals surface area (Å²) in [7, 11) is 2.10. The van der Waals surface area contributed by atoms with Crippen LogP contribution in [0.5, 0.6) is 0 Å². The van der Waals surface area contributed by atoms with Gasteiger partial charge in [-0.05, 0) is 20.9 Å². The molecule has 14 heavy (non-hydrogen) atoms. The third-order valence-corrected chi connectivity index (χ3v) is 2.90. The summed E-state index contributed by atoms with van der Waals surface area (Å²) >= 11 is 0. The fourth-order valence-electron chi connectivity index (χ4n) is 2.00. The van der Waals surface area contributed by atoms with E-state index in [-0.39, 0.29) is 11.9 Å². The highest BCUT2D eigenvalue weighted by molar-refractivity contribution is 5.80. The van der Waals surface area contributed by atoms with Crippen molar-refractivity contribution < 1.29 is 4.79 Å². The van der Waals surface area contributed by atoms with Crippen LogP contribution < -0.4 is 11.3 Å². The van der Waals surface area contributed by atoms with E-state index in [2.05, 4.69) is 29.2 Å². The summed E-state index contributed by atoms with van der Waals surface area (Å²) in [6, 6.07) is 0.268. The number of amides is 1. The zero-order valence-electron chi connectivity index (χ0n) is 9.16. The van der Waals surface area contributed by atoms with E-state index in [1.165, 1.54) is 0 Å². The van der Waals surface area contributed by atoms with Crippen LogP contribution in [0.3, 0.4) is 0 Å². The van der Waals surface area contributed by atoms with E-state index in [0.29, 0.717) is 6.04 Å². The van der Waals surface area contributed by atoms with Gasteiger partial charge >= 0.3 is 0 Å². The Morgan fingerprint density at radius 3 is 2.71 bits per heavy atom. The Kier molecular flexibility index (Phi) is 3.86. The molecule has 0 radical (unpaired) electrons. The summed E-state index contributed by atoms with van der Waals surface area (Å²) in [6.07, 6.45) is 0. The van der Waals surface area contributed by atoms with Gasteiger partial charge in [-0.25, -0.2) is 5.84 Å². The van der Waals surface area contributed by atoms with Gasteiger partial charge in [-0.3, -0.25) is 15.1 Å². The molecule has 2 unspecified atom stereocenters. The molecule has 0 aromatic heterocycles. The molecule has 3 N–H and O–H groups in total. The highest BCUT2D eigenvalue weighted by Crippen LogP contribution is 2.11. The minimum atomic E-state index is -0.135. The second kappa shape index (κ2) is 4.72. The van der Waals surface area contributed by atoms with Crippen molar-refractivity contribution in [1.82, 2.24) is 15.2 Å². The Bertz CT molecular complexity index is 209. The quantitative estimate of drug-likeness (QED) is 0.341. The van der Waals surface area contributed by atoms with Crippen LogP contribution in [0.4, 0.5) is 0 Å². The van der Waals surface area contributed by atoms with Crippen molar-refractivity contribution in [2.45, 2.75) is 25.9 Å². The van der Waals surface area contributed by atoms with Gasteiger partial charge in [0.15, 0.2) is 0 Å². The summed E-state index contributed by atoms with van der Waals surface area (Å²) in [5, 5.41) is 0. The number of hydrogen-bond donors (Lipinski definition) is 2. The minimum Gasteiger partial charge on any atom is -0.304 e. The van der Waals surface area contributed by atoms with Gasteiger partial charge < -0.3 is 4.90 Å². The Balaban J connectivity index is 2.55. The summed E-state index contributed by atoms with van der Waals surface area (Å²) in [5.74, 6) is 5.01. The number of piperazine rings is 1. The van der Waals surface area contributed by atoms with Crippen LogP contribution in [-0.4, -0.2) is 54.5 Å². The van der Waals surface area contributed by atoms with Crippen LogP contribution in [0.1, 0.15) is 13.8 Å². The molecular formula is C9H20N4O. The molecule has 1 saturated heterocycles. The van der Waals surface area contributed by atoms with E-state index in [4.69, 9.17) is 5.84 Å². The highest BCUT2D eigenvalue weighted by atomic mass is 16.2. The molecule has 0 aromatic carbocycles. The first-order valence-electron chi connectivity index (χ1n) is 5.01. The second-order valence-electron chi connectivity index (χ2n) is 4.03. The van der Waals surface area contributed by atoms with Crippen molar-refractivity contribution >= 4 is 5.91 Å². The van der Waals surface area contributed by atoms with Crippen LogP contribution in [0, 0.1) is 0 Å². The molecule has 1 fully saturated rings. The fourth-order valence-corrected chi connectivity index (χ4v) is 2.00. The lowest BCUT2D eigenvalue weighted by Crippen LogP contribution is -2.58. The molecular weight excluding hydrogens is 180 g/mol. The molecule has 0 aromatic rings. The van der Waals surface area contributed by atoms with Gasteiger partial charge in [0.1, 0.15) is 0 Å². The summed E-state index contributed by atoms with van der Waals surface area (Å²) in [6.45, 7) is 6.96. The Morgan fingerprint density at radius 2 is 2.21 bits per heavy atom. The summed E-state index contributed by atoms with van der Waals surface area (Å²) in [5.41, 5.74) is 2.20. The lowest BCUT2D eigenvalue weighted by molar-refractivity contribution is -0.127. The maximum atomic E-state index is 11.3. The molecule has 5 nitrogen and oxygen atoms in total. The van der Waals surface area contributed by atoms with Crippen LogP contribution in [0.25, 0.3) is 0 Å². The van der Waals surface area contributed by atoms with Crippen LogP contribution in [0.15, 0.2) is 0 Å². The van der Waals surface area contributed by atoms with Gasteiger partial charge in [-0.1, -0.05) is 0 Å². The standard InChI is InChI=1S/C9H20N4O/c1-7-6-12(3)4-5-13(7)8(2)9(14)11-10/h7-8H,4-6,10H2,1-3H3,(H,11,14). The number of rotatable bonds is 2. The van der Waals surface area contributed by atoms with E-state index in [0.717, 1.165) is 19.6 Å². The van der Waals surface area contributed by atoms with Crippen LogP contribution >= 0.6 is 0 Å². The van der Waals surface area contributed by atoms with E-state index in [1.807, 2.05) is 6.92 Å². The number of nitrogens with zero attached hydrogens (tertiary/aromatic N) is 2. The number of nitrogens with one attached hydrogen (secondary N) is 1. The number of nitrogens with two attached hydrogens (primary N) is 1. The average molecular weight is 200 g/mol. The largest absolute Gasteiger partial charge is 0.304 e. The molecule has 1 amide bonds. The van der Waals surface area contributed by atoms with Crippen molar-refractivity contribution in [1.29, 1.82) is 0 Å². The molecule has 1 aliphatic rings. The van der Waals surface area contributed by atoms with Crippen molar-refractivity contribution in [3.63, 3.8) is 0 Å². The molecule has 5 heteroatoms. The highest BCUT2D eigenvalue weighted by Gasteiger charge is 2.28. The Hall–Kier alpha value is -0.650. The Morgan fingerprint density at radius 1 is 1.57 bits per heavy atom. The molecule has 0 aliphatic carbocycles. The smallest absolute Gasteiger partial charge is 0.250 e. The minimum absolute atomic E-state index is 0.110. The second-order valence-corrected chi connectivity index (χ2v) is 4.03. The third-order valence-electron chi connectivity index (χ3n) is 2.90. The lowest BCUT2D eigenvalue weighted by atomic mass is 10.1. The van der Waals surface area contributed by atoms with Gasteiger partial charge in [0.2, 0.25) is 0 Å². The van der Waals surface area contributed by atoms with Gasteiger partial charge in [0, 0.05) is 25.7 Å². The molecule has 1 rings (SSSR count). The van der Waals surface area contributed by atoms with E-state index >= 15 is 0 Å². The van der Waals surface area contributed by atoms with E-state index in [9.17, 15) is 4.79 Å². The SMILES string of the molecule is CC1CN(C)CCN1C(C)C(=O)NN. The van der Waals surface area contributed by atoms with Crippen molar-refractivity contribution in [3.05, 3.63) is 0 Å². The number of hydrazine groups is 1. The number of carbonyl (C=O) groups is 1.